The molecular formula is C18H21N3O4. The van der Waals surface area contributed by atoms with Crippen LogP contribution in [0.3, 0.4) is 0 Å². The Kier molecular flexibility index (Phi) is 4.74. The van der Waals surface area contributed by atoms with Gasteiger partial charge in [-0.1, -0.05) is 0 Å². The predicted octanol–water partition coefficient (Wildman–Crippen LogP) is 2.07. The molecule has 7 heteroatoms. The van der Waals surface area contributed by atoms with Crippen LogP contribution in [0.4, 0.5) is 0 Å². The Bertz CT molecular complexity index is 799. The van der Waals surface area contributed by atoms with Gasteiger partial charge >= 0.3 is 0 Å². The first-order valence-corrected chi connectivity index (χ1v) is 8.23. The quantitative estimate of drug-likeness (QED) is 0.916. The van der Waals surface area contributed by atoms with Crippen LogP contribution in [-0.4, -0.2) is 40.9 Å². The number of aryl methyl sites for hydroxylation is 2. The molecule has 132 valence electrons. The molecule has 3 rings (SSSR count). The second-order valence-corrected chi connectivity index (χ2v) is 6.20. The zero-order valence-electron chi connectivity index (χ0n) is 14.3. The van der Waals surface area contributed by atoms with Gasteiger partial charge in [0.15, 0.2) is 0 Å². The van der Waals surface area contributed by atoms with E-state index in [1.54, 1.807) is 24.0 Å². The highest BCUT2D eigenvalue weighted by Crippen LogP contribution is 2.22. The van der Waals surface area contributed by atoms with Gasteiger partial charge < -0.3 is 19.8 Å². The van der Waals surface area contributed by atoms with Crippen LogP contribution >= 0.6 is 0 Å². The summed E-state index contributed by atoms with van der Waals surface area (Å²) < 4.78 is 11.4. The monoisotopic (exact) mass is 343 g/mol. The van der Waals surface area contributed by atoms with Gasteiger partial charge in [0.05, 0.1) is 12.1 Å². The number of hydrogen-bond donors (Lipinski definition) is 1. The molecule has 1 atom stereocenters. The molecule has 1 fully saturated rings. The van der Waals surface area contributed by atoms with Crippen molar-refractivity contribution < 1.29 is 18.7 Å². The minimum absolute atomic E-state index is 0.0461. The number of primary amides is 1. The molecule has 1 aliphatic heterocycles. The maximum absolute atomic E-state index is 12.7. The average molecular weight is 343 g/mol. The molecule has 0 aliphatic carbocycles. The van der Waals surface area contributed by atoms with Gasteiger partial charge in [-0.3, -0.25) is 14.6 Å². The number of hydrogen-bond acceptors (Lipinski definition) is 5. The number of rotatable bonds is 4. The van der Waals surface area contributed by atoms with Gasteiger partial charge in [-0.25, -0.2) is 0 Å². The van der Waals surface area contributed by atoms with Crippen molar-refractivity contribution in [3.05, 3.63) is 47.2 Å². The molecule has 1 unspecified atom stereocenters. The first kappa shape index (κ1) is 17.0. The van der Waals surface area contributed by atoms with Crippen LogP contribution in [0.15, 0.2) is 28.8 Å². The van der Waals surface area contributed by atoms with Crippen LogP contribution in [0, 0.1) is 13.8 Å². The summed E-state index contributed by atoms with van der Waals surface area (Å²) >= 11 is 0. The van der Waals surface area contributed by atoms with E-state index in [1.807, 2.05) is 6.92 Å². The number of carbonyl (C=O) groups excluding carboxylic acids is 2. The van der Waals surface area contributed by atoms with Crippen LogP contribution in [0.25, 0.3) is 0 Å². The van der Waals surface area contributed by atoms with E-state index in [1.165, 1.54) is 12.3 Å². The lowest BCUT2D eigenvalue weighted by Gasteiger charge is -2.32. The van der Waals surface area contributed by atoms with Crippen LogP contribution < -0.4 is 10.5 Å². The van der Waals surface area contributed by atoms with Gasteiger partial charge in [-0.05, 0) is 38.8 Å². The summed E-state index contributed by atoms with van der Waals surface area (Å²) in [6, 6.07) is 4.97. The molecule has 0 bridgehead atoms. The second kappa shape index (κ2) is 6.96. The summed E-state index contributed by atoms with van der Waals surface area (Å²) in [6.07, 6.45) is 3.02. The zero-order valence-corrected chi connectivity index (χ0v) is 14.3. The van der Waals surface area contributed by atoms with Gasteiger partial charge in [0, 0.05) is 18.8 Å². The van der Waals surface area contributed by atoms with Crippen molar-refractivity contribution in [1.82, 2.24) is 9.88 Å². The number of ether oxygens (including phenoxy) is 1. The molecule has 2 N–H and O–H groups in total. The summed E-state index contributed by atoms with van der Waals surface area (Å²) in [5.41, 5.74) is 5.99. The zero-order chi connectivity index (χ0) is 18.0. The highest BCUT2D eigenvalue weighted by atomic mass is 16.5. The summed E-state index contributed by atoms with van der Waals surface area (Å²) in [5.74, 6) is 1.23. The predicted molar refractivity (Wildman–Crippen MR) is 90.5 cm³/mol. The van der Waals surface area contributed by atoms with Crippen molar-refractivity contribution in [2.24, 2.45) is 5.73 Å². The fourth-order valence-corrected chi connectivity index (χ4v) is 3.04. The normalized spacial score (nSPS) is 17.4. The van der Waals surface area contributed by atoms with Crippen molar-refractivity contribution >= 4 is 11.8 Å². The largest absolute Gasteiger partial charge is 0.488 e. The molecule has 0 saturated carbocycles. The molecule has 7 nitrogen and oxygen atoms in total. The molecule has 0 radical (unpaired) electrons. The number of amides is 2. The van der Waals surface area contributed by atoms with Gasteiger partial charge in [-0.15, -0.1) is 0 Å². The maximum atomic E-state index is 12.7. The topological polar surface area (TPSA) is 98.7 Å². The number of piperidine rings is 1. The lowest BCUT2D eigenvalue weighted by atomic mass is 10.1. The minimum atomic E-state index is -0.600. The van der Waals surface area contributed by atoms with E-state index in [9.17, 15) is 9.59 Å². The molecule has 2 aromatic heterocycles. The maximum Gasteiger partial charge on any atom is 0.267 e. The third-order valence-corrected chi connectivity index (χ3v) is 4.22. The van der Waals surface area contributed by atoms with E-state index in [2.05, 4.69) is 4.98 Å². The van der Waals surface area contributed by atoms with Gasteiger partial charge in [-0.2, -0.15) is 0 Å². The molecule has 2 amide bonds. The smallest absolute Gasteiger partial charge is 0.267 e. The summed E-state index contributed by atoms with van der Waals surface area (Å²) in [5, 5.41) is 0. The third kappa shape index (κ3) is 3.81. The Morgan fingerprint density at radius 2 is 2.16 bits per heavy atom. The minimum Gasteiger partial charge on any atom is -0.488 e. The van der Waals surface area contributed by atoms with Crippen molar-refractivity contribution in [1.29, 1.82) is 0 Å². The Morgan fingerprint density at radius 3 is 2.84 bits per heavy atom. The fraction of sp³-hybridized carbons (Fsp3) is 0.389. The van der Waals surface area contributed by atoms with Crippen LogP contribution in [-0.2, 0) is 0 Å². The number of likely N-dealkylation sites (tertiary alicyclic amines) is 1. The first-order chi connectivity index (χ1) is 11.9. The summed E-state index contributed by atoms with van der Waals surface area (Å²) in [4.78, 5) is 29.6. The SMILES string of the molecule is Cc1cc(C(=O)N2CCCC(Oc3ccnc(C(N)=O)c3)C2)c(C)o1. The third-order valence-electron chi connectivity index (χ3n) is 4.22. The van der Waals surface area contributed by atoms with Crippen molar-refractivity contribution in [2.45, 2.75) is 32.8 Å². The van der Waals surface area contributed by atoms with Gasteiger partial charge in [0.1, 0.15) is 29.1 Å². The molecule has 0 aromatic carbocycles. The lowest BCUT2D eigenvalue weighted by molar-refractivity contribution is 0.0536. The molecule has 0 spiro atoms. The Hall–Kier alpha value is -2.83. The highest BCUT2D eigenvalue weighted by Gasteiger charge is 2.27. The number of aromatic nitrogens is 1. The average Bonchev–Trinajstić information content (AvgIpc) is 2.93. The molecule has 3 heterocycles. The first-order valence-electron chi connectivity index (χ1n) is 8.23. The van der Waals surface area contributed by atoms with E-state index in [-0.39, 0.29) is 17.7 Å². The number of pyridine rings is 1. The highest BCUT2D eigenvalue weighted by molar-refractivity contribution is 5.95. The lowest BCUT2D eigenvalue weighted by Crippen LogP contribution is -2.44. The van der Waals surface area contributed by atoms with Crippen molar-refractivity contribution in [3.8, 4) is 5.75 Å². The molecule has 1 saturated heterocycles. The summed E-state index contributed by atoms with van der Waals surface area (Å²) in [6.45, 7) is 4.79. The van der Waals surface area contributed by atoms with Gasteiger partial charge in [0.25, 0.3) is 11.8 Å². The van der Waals surface area contributed by atoms with Crippen LogP contribution in [0.5, 0.6) is 5.75 Å². The number of furan rings is 1. The molecule has 25 heavy (non-hydrogen) atoms. The molecular weight excluding hydrogens is 322 g/mol. The van der Waals surface area contributed by atoms with E-state index in [0.717, 1.165) is 18.6 Å². The van der Waals surface area contributed by atoms with E-state index in [4.69, 9.17) is 14.9 Å². The van der Waals surface area contributed by atoms with Crippen molar-refractivity contribution in [3.63, 3.8) is 0 Å². The number of carbonyl (C=O) groups is 2. The molecule has 2 aromatic rings. The van der Waals surface area contributed by atoms with Crippen LogP contribution in [0.2, 0.25) is 0 Å². The Morgan fingerprint density at radius 1 is 1.36 bits per heavy atom. The number of nitrogens with zero attached hydrogens (tertiary/aromatic N) is 2. The number of nitrogens with two attached hydrogens (primary N) is 1. The Labute approximate surface area is 145 Å². The second-order valence-electron chi connectivity index (χ2n) is 6.20. The van der Waals surface area contributed by atoms with E-state index < -0.39 is 5.91 Å². The standard InChI is InChI=1S/C18H21N3O4/c1-11-8-15(12(2)24-11)18(23)21-7-3-4-14(10-21)25-13-5-6-20-16(9-13)17(19)22/h5-6,8-9,14H,3-4,7,10H2,1-2H3,(H2,19,22). The van der Waals surface area contributed by atoms with Gasteiger partial charge in [0.2, 0.25) is 0 Å². The van der Waals surface area contributed by atoms with E-state index in [0.29, 0.717) is 30.2 Å². The summed E-state index contributed by atoms with van der Waals surface area (Å²) in [7, 11) is 0. The van der Waals surface area contributed by atoms with Crippen LogP contribution in [0.1, 0.15) is 45.2 Å². The van der Waals surface area contributed by atoms with E-state index >= 15 is 0 Å². The molecule has 1 aliphatic rings. The van der Waals surface area contributed by atoms with Crippen molar-refractivity contribution in [2.75, 3.05) is 13.1 Å². The Balaban J connectivity index is 1.69. The fourth-order valence-electron chi connectivity index (χ4n) is 3.04.